The summed E-state index contributed by atoms with van der Waals surface area (Å²) in [7, 11) is 0. The fourth-order valence-electron chi connectivity index (χ4n) is 4.05. The summed E-state index contributed by atoms with van der Waals surface area (Å²) in [5.41, 5.74) is 1.41. The van der Waals surface area contributed by atoms with E-state index < -0.39 is 11.5 Å². The van der Waals surface area contributed by atoms with Crippen molar-refractivity contribution < 1.29 is 19.4 Å². The maximum absolute atomic E-state index is 13.3. The molecule has 3 aromatic carbocycles. The molecular weight excluding hydrogens is 426 g/mol. The number of benzene rings is 3. The van der Waals surface area contributed by atoms with Crippen molar-refractivity contribution in [3.05, 3.63) is 94.0 Å². The standard InChI is InChI=1S/C26H24ClNO4/c1-17-7-8-18(2)21(15-17)24(29)16-26(31)22-5-3-4-6-23(22)28(25(26)30)13-14-32-20-11-9-19(27)10-12-20/h3-12,15,31H,13-14,16H2,1-2H3. The van der Waals surface area contributed by atoms with Crippen molar-refractivity contribution in [3.63, 3.8) is 0 Å². The second-order valence-corrected chi connectivity index (χ2v) is 8.49. The summed E-state index contributed by atoms with van der Waals surface area (Å²) in [5.74, 6) is -0.150. The zero-order valence-electron chi connectivity index (χ0n) is 18.0. The zero-order valence-corrected chi connectivity index (χ0v) is 18.7. The van der Waals surface area contributed by atoms with E-state index in [4.69, 9.17) is 16.3 Å². The topological polar surface area (TPSA) is 66.8 Å². The van der Waals surface area contributed by atoms with Gasteiger partial charge in [0.25, 0.3) is 5.91 Å². The maximum Gasteiger partial charge on any atom is 0.264 e. The van der Waals surface area contributed by atoms with E-state index >= 15 is 0 Å². The fraction of sp³-hybridized carbons (Fsp3) is 0.231. The normalized spacial score (nSPS) is 17.4. The quantitative estimate of drug-likeness (QED) is 0.524. The maximum atomic E-state index is 13.3. The Bertz CT molecular complexity index is 1170. The molecule has 0 radical (unpaired) electrons. The molecule has 1 N–H and O–H groups in total. The Balaban J connectivity index is 1.55. The number of amides is 1. The highest BCUT2D eigenvalue weighted by Crippen LogP contribution is 2.42. The van der Waals surface area contributed by atoms with Crippen LogP contribution in [0, 0.1) is 13.8 Å². The zero-order chi connectivity index (χ0) is 22.9. The molecule has 1 heterocycles. The van der Waals surface area contributed by atoms with Crippen LogP contribution in [0.25, 0.3) is 0 Å². The van der Waals surface area contributed by atoms with Gasteiger partial charge in [-0.05, 0) is 55.8 Å². The van der Waals surface area contributed by atoms with Crippen LogP contribution in [0.1, 0.15) is 33.5 Å². The molecule has 1 aliphatic rings. The van der Waals surface area contributed by atoms with Gasteiger partial charge in [0, 0.05) is 16.1 Å². The predicted molar refractivity (Wildman–Crippen MR) is 125 cm³/mol. The van der Waals surface area contributed by atoms with Crippen LogP contribution in [0.15, 0.2) is 66.7 Å². The summed E-state index contributed by atoms with van der Waals surface area (Å²) in [5, 5.41) is 12.1. The van der Waals surface area contributed by atoms with Gasteiger partial charge in [-0.1, -0.05) is 47.5 Å². The van der Waals surface area contributed by atoms with Gasteiger partial charge in [0.1, 0.15) is 12.4 Å². The summed E-state index contributed by atoms with van der Waals surface area (Å²) < 4.78 is 5.73. The van der Waals surface area contributed by atoms with Crippen LogP contribution in [-0.4, -0.2) is 29.9 Å². The van der Waals surface area contributed by atoms with Gasteiger partial charge in [0.15, 0.2) is 11.4 Å². The molecule has 0 spiro atoms. The van der Waals surface area contributed by atoms with E-state index in [-0.39, 0.29) is 25.4 Å². The molecule has 5 nitrogen and oxygen atoms in total. The number of anilines is 1. The molecule has 6 heteroatoms. The number of aryl methyl sites for hydroxylation is 2. The van der Waals surface area contributed by atoms with Gasteiger partial charge in [-0.25, -0.2) is 0 Å². The van der Waals surface area contributed by atoms with Crippen molar-refractivity contribution >= 4 is 29.0 Å². The van der Waals surface area contributed by atoms with E-state index in [9.17, 15) is 14.7 Å². The Labute approximate surface area is 192 Å². The smallest absolute Gasteiger partial charge is 0.264 e. The van der Waals surface area contributed by atoms with Crippen LogP contribution in [0.2, 0.25) is 5.02 Å². The largest absolute Gasteiger partial charge is 0.492 e. The molecule has 0 saturated carbocycles. The van der Waals surface area contributed by atoms with Crippen LogP contribution in [-0.2, 0) is 10.4 Å². The Morgan fingerprint density at radius 3 is 2.53 bits per heavy atom. The summed E-state index contributed by atoms with van der Waals surface area (Å²) >= 11 is 5.90. The average Bonchev–Trinajstić information content (AvgIpc) is 2.98. The first kappa shape index (κ1) is 22.1. The molecular formula is C26H24ClNO4. The average molecular weight is 450 g/mol. The van der Waals surface area contributed by atoms with Gasteiger partial charge in [-0.3, -0.25) is 9.59 Å². The number of carbonyl (C=O) groups excluding carboxylic acids is 2. The van der Waals surface area contributed by atoms with Crippen molar-refractivity contribution in [3.8, 4) is 5.75 Å². The third kappa shape index (κ3) is 4.14. The lowest BCUT2D eigenvalue weighted by atomic mass is 9.87. The monoisotopic (exact) mass is 449 g/mol. The highest BCUT2D eigenvalue weighted by Gasteiger charge is 2.50. The summed E-state index contributed by atoms with van der Waals surface area (Å²) in [6.07, 6.45) is -0.318. The number of halogens is 1. The number of ketones is 1. The Morgan fingerprint density at radius 1 is 1.06 bits per heavy atom. The highest BCUT2D eigenvalue weighted by molar-refractivity contribution is 6.30. The molecule has 1 unspecified atom stereocenters. The minimum Gasteiger partial charge on any atom is -0.492 e. The van der Waals surface area contributed by atoms with Gasteiger partial charge in [-0.15, -0.1) is 0 Å². The molecule has 1 aliphatic heterocycles. The number of ether oxygens (including phenoxy) is 1. The Hall–Kier alpha value is -3.15. The number of fused-ring (bicyclic) bond motifs is 1. The van der Waals surface area contributed by atoms with Crippen LogP contribution in [0.4, 0.5) is 5.69 Å². The summed E-state index contributed by atoms with van der Waals surface area (Å²) in [6, 6.07) is 19.6. The first-order chi connectivity index (χ1) is 15.3. The van der Waals surface area contributed by atoms with Crippen LogP contribution in [0.5, 0.6) is 5.75 Å². The van der Waals surface area contributed by atoms with E-state index in [0.29, 0.717) is 27.6 Å². The number of hydrogen-bond acceptors (Lipinski definition) is 4. The van der Waals surface area contributed by atoms with E-state index in [2.05, 4.69) is 0 Å². The highest BCUT2D eigenvalue weighted by atomic mass is 35.5. The molecule has 0 saturated heterocycles. The van der Waals surface area contributed by atoms with E-state index in [1.165, 1.54) is 4.90 Å². The second-order valence-electron chi connectivity index (χ2n) is 8.05. The molecule has 1 amide bonds. The number of aliphatic hydroxyl groups is 1. The van der Waals surface area contributed by atoms with E-state index in [1.807, 2.05) is 26.0 Å². The number of nitrogens with zero attached hydrogens (tertiary/aromatic N) is 1. The van der Waals surface area contributed by atoms with Gasteiger partial charge >= 0.3 is 0 Å². The molecule has 4 rings (SSSR count). The molecule has 164 valence electrons. The molecule has 0 aliphatic carbocycles. The lowest BCUT2D eigenvalue weighted by molar-refractivity contribution is -0.135. The summed E-state index contributed by atoms with van der Waals surface area (Å²) in [4.78, 5) is 27.9. The predicted octanol–water partition coefficient (Wildman–Crippen LogP) is 4.84. The molecule has 0 fully saturated rings. The minimum absolute atomic E-state index is 0.225. The van der Waals surface area contributed by atoms with Crippen molar-refractivity contribution in [2.45, 2.75) is 25.9 Å². The third-order valence-electron chi connectivity index (χ3n) is 5.75. The van der Waals surface area contributed by atoms with Crippen LogP contribution in [0.3, 0.4) is 0 Å². The SMILES string of the molecule is Cc1ccc(C)c(C(=O)CC2(O)C(=O)N(CCOc3ccc(Cl)cc3)c3ccccc32)c1. The van der Waals surface area contributed by atoms with E-state index in [0.717, 1.165) is 11.1 Å². The van der Waals surface area contributed by atoms with Crippen molar-refractivity contribution in [1.82, 2.24) is 0 Å². The van der Waals surface area contributed by atoms with Gasteiger partial charge in [-0.2, -0.15) is 0 Å². The second kappa shape index (κ2) is 8.77. The van der Waals surface area contributed by atoms with E-state index in [1.54, 1.807) is 54.6 Å². The minimum atomic E-state index is -1.91. The van der Waals surface area contributed by atoms with Crippen molar-refractivity contribution in [1.29, 1.82) is 0 Å². The van der Waals surface area contributed by atoms with Gasteiger partial charge in [0.05, 0.1) is 18.7 Å². The number of carbonyl (C=O) groups is 2. The van der Waals surface area contributed by atoms with Crippen LogP contribution >= 0.6 is 11.6 Å². The Morgan fingerprint density at radius 2 is 1.78 bits per heavy atom. The molecule has 1 atom stereocenters. The van der Waals surface area contributed by atoms with Crippen molar-refractivity contribution in [2.24, 2.45) is 0 Å². The summed E-state index contributed by atoms with van der Waals surface area (Å²) in [6.45, 7) is 4.21. The number of para-hydroxylation sites is 1. The molecule has 0 aromatic heterocycles. The van der Waals surface area contributed by atoms with Crippen molar-refractivity contribution in [2.75, 3.05) is 18.1 Å². The first-order valence-corrected chi connectivity index (χ1v) is 10.8. The number of rotatable bonds is 7. The Kier molecular flexibility index (Phi) is 6.04. The fourth-order valence-corrected chi connectivity index (χ4v) is 4.17. The number of hydrogen-bond donors (Lipinski definition) is 1. The molecule has 0 bridgehead atoms. The molecule has 3 aromatic rings. The lowest BCUT2D eigenvalue weighted by Gasteiger charge is -2.23. The lowest BCUT2D eigenvalue weighted by Crippen LogP contribution is -2.43. The van der Waals surface area contributed by atoms with Crippen LogP contribution < -0.4 is 9.64 Å². The number of Topliss-reactive ketones (excluding diaryl/α,β-unsaturated/α-hetero) is 1. The first-order valence-electron chi connectivity index (χ1n) is 10.4. The molecule has 32 heavy (non-hydrogen) atoms. The third-order valence-corrected chi connectivity index (χ3v) is 6.00. The van der Waals surface area contributed by atoms with Gasteiger partial charge in [0.2, 0.25) is 0 Å². The van der Waals surface area contributed by atoms with Gasteiger partial charge < -0.3 is 14.7 Å².